The van der Waals surface area contributed by atoms with Crippen LogP contribution in [0.25, 0.3) is 11.1 Å². The minimum absolute atomic E-state index is 0.0840. The van der Waals surface area contributed by atoms with E-state index in [1.54, 1.807) is 0 Å². The molecule has 4 rings (SSSR count). The van der Waals surface area contributed by atoms with Gasteiger partial charge in [-0.15, -0.1) is 0 Å². The minimum atomic E-state index is -1.14. The lowest BCUT2D eigenvalue weighted by Gasteiger charge is -2.22. The molecule has 0 heterocycles. The highest BCUT2D eigenvalue weighted by atomic mass is 16.5. The minimum Gasteiger partial charge on any atom is -0.480 e. The summed E-state index contributed by atoms with van der Waals surface area (Å²) in [5, 5.41) is 14.6. The first-order chi connectivity index (χ1) is 16.5. The van der Waals surface area contributed by atoms with Crippen molar-refractivity contribution in [2.24, 2.45) is 5.92 Å². The van der Waals surface area contributed by atoms with E-state index in [0.717, 1.165) is 35.1 Å². The van der Waals surface area contributed by atoms with E-state index in [2.05, 4.69) is 22.8 Å². The number of carbonyl (C=O) groups excluding carboxylic acids is 2. The van der Waals surface area contributed by atoms with Crippen LogP contribution >= 0.6 is 0 Å². The summed E-state index contributed by atoms with van der Waals surface area (Å²) in [4.78, 5) is 37.0. The Morgan fingerprint density at radius 2 is 1.59 bits per heavy atom. The van der Waals surface area contributed by atoms with E-state index in [1.807, 2.05) is 36.4 Å². The van der Waals surface area contributed by atoms with E-state index < -0.39 is 30.1 Å². The van der Waals surface area contributed by atoms with Crippen molar-refractivity contribution in [2.75, 3.05) is 20.3 Å². The van der Waals surface area contributed by atoms with E-state index in [0.29, 0.717) is 12.3 Å². The molecule has 2 aliphatic carbocycles. The normalized spacial score (nSPS) is 16.1. The van der Waals surface area contributed by atoms with Gasteiger partial charge in [-0.25, -0.2) is 9.59 Å². The summed E-state index contributed by atoms with van der Waals surface area (Å²) in [7, 11) is 1.47. The number of benzene rings is 2. The summed E-state index contributed by atoms with van der Waals surface area (Å²) in [6.45, 7) is 0.341. The van der Waals surface area contributed by atoms with Crippen LogP contribution in [0.5, 0.6) is 0 Å². The first kappa shape index (κ1) is 23.8. The molecule has 8 nitrogen and oxygen atoms in total. The van der Waals surface area contributed by atoms with Crippen LogP contribution in [0.3, 0.4) is 0 Å². The van der Waals surface area contributed by atoms with Gasteiger partial charge in [-0.2, -0.15) is 0 Å². The van der Waals surface area contributed by atoms with Crippen LogP contribution in [0, 0.1) is 5.92 Å². The highest BCUT2D eigenvalue weighted by molar-refractivity contribution is 5.89. The Kier molecular flexibility index (Phi) is 7.47. The SMILES string of the molecule is COCCC(NC(=O)[C@H](CC1CC1)NC(=O)OCC1c2ccccc2-c2ccccc21)C(=O)O. The zero-order valence-corrected chi connectivity index (χ0v) is 19.2. The maximum atomic E-state index is 12.8. The molecule has 0 aliphatic heterocycles. The Bertz CT molecular complexity index is 1010. The molecule has 1 saturated carbocycles. The van der Waals surface area contributed by atoms with Gasteiger partial charge in [-0.3, -0.25) is 4.79 Å². The lowest BCUT2D eigenvalue weighted by molar-refractivity contribution is -0.142. The van der Waals surface area contributed by atoms with Gasteiger partial charge in [0.2, 0.25) is 5.91 Å². The molecular formula is C26H30N2O6. The predicted octanol–water partition coefficient (Wildman–Crippen LogP) is 3.30. The van der Waals surface area contributed by atoms with Gasteiger partial charge in [0.15, 0.2) is 0 Å². The molecule has 0 saturated heterocycles. The van der Waals surface area contributed by atoms with Crippen molar-refractivity contribution in [1.29, 1.82) is 0 Å². The highest BCUT2D eigenvalue weighted by Gasteiger charge is 2.34. The van der Waals surface area contributed by atoms with Crippen LogP contribution in [-0.2, 0) is 19.1 Å². The second-order valence-electron chi connectivity index (χ2n) is 8.88. The van der Waals surface area contributed by atoms with E-state index in [4.69, 9.17) is 9.47 Å². The summed E-state index contributed by atoms with van der Waals surface area (Å²) in [6, 6.07) is 14.2. The number of carbonyl (C=O) groups is 3. The van der Waals surface area contributed by atoms with Crippen molar-refractivity contribution in [3.8, 4) is 11.1 Å². The maximum Gasteiger partial charge on any atom is 0.407 e. The van der Waals surface area contributed by atoms with Gasteiger partial charge in [-0.1, -0.05) is 61.4 Å². The number of aliphatic carboxylic acids is 1. The molecule has 0 aromatic heterocycles. The lowest BCUT2D eigenvalue weighted by Crippen LogP contribution is -2.52. The van der Waals surface area contributed by atoms with E-state index in [-0.39, 0.29) is 25.6 Å². The van der Waals surface area contributed by atoms with Crippen LogP contribution in [0.1, 0.15) is 42.7 Å². The summed E-state index contributed by atoms with van der Waals surface area (Å²) in [5.74, 6) is -1.41. The van der Waals surface area contributed by atoms with Crippen LogP contribution in [0.4, 0.5) is 4.79 Å². The zero-order chi connectivity index (χ0) is 24.1. The average Bonchev–Trinajstić information content (AvgIpc) is 3.60. The summed E-state index contributed by atoms with van der Waals surface area (Å²) in [5.41, 5.74) is 4.47. The number of nitrogens with one attached hydrogen (secondary N) is 2. The smallest absolute Gasteiger partial charge is 0.407 e. The number of amides is 2. The number of rotatable bonds is 11. The van der Waals surface area contributed by atoms with Crippen molar-refractivity contribution in [1.82, 2.24) is 10.6 Å². The van der Waals surface area contributed by atoms with Crippen molar-refractivity contribution in [3.05, 3.63) is 59.7 Å². The largest absolute Gasteiger partial charge is 0.480 e. The lowest BCUT2D eigenvalue weighted by atomic mass is 9.98. The number of ether oxygens (including phenoxy) is 2. The standard InChI is InChI=1S/C26H30N2O6/c1-33-13-12-22(25(30)31)27-24(29)23(14-16-10-11-16)28-26(32)34-15-21-19-8-4-2-6-17(19)18-7-3-5-9-20(18)21/h2-9,16,21-23H,10-15H2,1H3,(H,27,29)(H,28,32)(H,30,31)/t22?,23-/m0/s1. The molecule has 0 spiro atoms. The van der Waals surface area contributed by atoms with Crippen molar-refractivity contribution in [2.45, 2.75) is 43.7 Å². The highest BCUT2D eigenvalue weighted by Crippen LogP contribution is 2.44. The number of hydrogen-bond acceptors (Lipinski definition) is 5. The first-order valence-corrected chi connectivity index (χ1v) is 11.6. The predicted molar refractivity (Wildman–Crippen MR) is 125 cm³/mol. The van der Waals surface area contributed by atoms with Crippen LogP contribution in [0.2, 0.25) is 0 Å². The van der Waals surface area contributed by atoms with Gasteiger partial charge >= 0.3 is 12.1 Å². The monoisotopic (exact) mass is 466 g/mol. The molecule has 0 bridgehead atoms. The molecule has 2 aromatic rings. The number of carboxylic acid groups (broad SMARTS) is 1. The van der Waals surface area contributed by atoms with E-state index >= 15 is 0 Å². The molecule has 3 N–H and O–H groups in total. The Morgan fingerprint density at radius 1 is 0.971 bits per heavy atom. The quantitative estimate of drug-likeness (QED) is 0.468. The average molecular weight is 467 g/mol. The summed E-state index contributed by atoms with van der Waals surface area (Å²) < 4.78 is 10.5. The third-order valence-electron chi connectivity index (χ3n) is 6.44. The molecule has 34 heavy (non-hydrogen) atoms. The third kappa shape index (κ3) is 5.56. The number of alkyl carbamates (subject to hydrolysis) is 1. The second kappa shape index (κ2) is 10.7. The van der Waals surface area contributed by atoms with Gasteiger partial charge in [0.1, 0.15) is 18.7 Å². The summed E-state index contributed by atoms with van der Waals surface area (Å²) in [6.07, 6.45) is 1.88. The molecule has 2 aromatic carbocycles. The first-order valence-electron chi connectivity index (χ1n) is 11.6. The topological polar surface area (TPSA) is 114 Å². The molecule has 2 aliphatic rings. The van der Waals surface area contributed by atoms with Gasteiger partial charge in [0.05, 0.1) is 0 Å². The van der Waals surface area contributed by atoms with Crippen molar-refractivity contribution in [3.63, 3.8) is 0 Å². The molecule has 2 atom stereocenters. The van der Waals surface area contributed by atoms with E-state index in [9.17, 15) is 19.5 Å². The van der Waals surface area contributed by atoms with Gasteiger partial charge in [0.25, 0.3) is 0 Å². The number of hydrogen-bond donors (Lipinski definition) is 3. The van der Waals surface area contributed by atoms with Gasteiger partial charge in [0, 0.05) is 26.1 Å². The Morgan fingerprint density at radius 3 is 2.15 bits per heavy atom. The zero-order valence-electron chi connectivity index (χ0n) is 19.2. The Labute approximate surface area is 198 Å². The second-order valence-corrected chi connectivity index (χ2v) is 8.88. The number of fused-ring (bicyclic) bond motifs is 3. The Balaban J connectivity index is 1.39. The molecular weight excluding hydrogens is 436 g/mol. The fourth-order valence-electron chi connectivity index (χ4n) is 4.47. The molecule has 8 heteroatoms. The Hall–Kier alpha value is -3.39. The van der Waals surface area contributed by atoms with Crippen LogP contribution in [0.15, 0.2) is 48.5 Å². The molecule has 0 radical (unpaired) electrons. The maximum absolute atomic E-state index is 12.8. The fourth-order valence-corrected chi connectivity index (χ4v) is 4.47. The van der Waals surface area contributed by atoms with Crippen LogP contribution in [-0.4, -0.2) is 55.5 Å². The van der Waals surface area contributed by atoms with Crippen molar-refractivity contribution >= 4 is 18.0 Å². The van der Waals surface area contributed by atoms with Crippen LogP contribution < -0.4 is 10.6 Å². The molecule has 1 fully saturated rings. The van der Waals surface area contributed by atoms with Gasteiger partial charge in [-0.05, 0) is 34.6 Å². The number of methoxy groups -OCH3 is 1. The molecule has 2 amide bonds. The van der Waals surface area contributed by atoms with E-state index in [1.165, 1.54) is 7.11 Å². The fraction of sp³-hybridized carbons (Fsp3) is 0.423. The van der Waals surface area contributed by atoms with Gasteiger partial charge < -0.3 is 25.2 Å². The third-order valence-corrected chi connectivity index (χ3v) is 6.44. The summed E-state index contributed by atoms with van der Waals surface area (Å²) >= 11 is 0. The molecule has 1 unspecified atom stereocenters. The number of carboxylic acids is 1. The molecule has 180 valence electrons. The van der Waals surface area contributed by atoms with Crippen molar-refractivity contribution < 1.29 is 29.0 Å².